The maximum Gasteiger partial charge on any atom is 1.00 e. The van der Waals surface area contributed by atoms with Gasteiger partial charge in [0.2, 0.25) is 0 Å². The first-order chi connectivity index (χ1) is 5.13. The SMILES string of the molecule is FB(F)c1c(F)cccc1F.[H-].[K+]. The normalized spacial score (nSPS) is 9.00. The number of hydrogen-bond acceptors (Lipinski definition) is 0. The minimum absolute atomic E-state index is 0. The van der Waals surface area contributed by atoms with E-state index in [-0.39, 0.29) is 52.8 Å². The molecule has 0 saturated heterocycles. The standard InChI is InChI=1S/C6H3BF4.K.H/c8-4-2-1-3-5(9)6(4)7(10)11;;/h1-3H;;/q;+1;-1. The molecule has 0 atom stereocenters. The van der Waals surface area contributed by atoms with Gasteiger partial charge in [-0.05, 0) is 12.1 Å². The second kappa shape index (κ2) is 5.39. The van der Waals surface area contributed by atoms with Crippen molar-refractivity contribution in [3.63, 3.8) is 0 Å². The van der Waals surface area contributed by atoms with Crippen molar-refractivity contribution >= 4 is 12.7 Å². The molecule has 1 aromatic rings. The molecule has 0 nitrogen and oxygen atoms in total. The monoisotopic (exact) mass is 202 g/mol. The Morgan fingerprint density at radius 1 is 1.08 bits per heavy atom. The molecule has 0 aliphatic heterocycles. The van der Waals surface area contributed by atoms with Crippen LogP contribution in [0.5, 0.6) is 0 Å². The number of halogens is 4. The van der Waals surface area contributed by atoms with E-state index < -0.39 is 24.4 Å². The summed E-state index contributed by atoms with van der Waals surface area (Å²) in [5.74, 6) is -2.42. The molecule has 0 aliphatic carbocycles. The van der Waals surface area contributed by atoms with E-state index in [9.17, 15) is 17.4 Å². The number of benzene rings is 1. The van der Waals surface area contributed by atoms with Gasteiger partial charge in [-0.2, -0.15) is 0 Å². The van der Waals surface area contributed by atoms with Crippen LogP contribution in [0.25, 0.3) is 0 Å². The molecule has 0 heterocycles. The average molecular weight is 202 g/mol. The van der Waals surface area contributed by atoms with Crippen molar-refractivity contribution in [2.75, 3.05) is 0 Å². The van der Waals surface area contributed by atoms with Gasteiger partial charge in [-0.1, -0.05) is 6.07 Å². The second-order valence-corrected chi connectivity index (χ2v) is 1.94. The van der Waals surface area contributed by atoms with E-state index in [2.05, 4.69) is 0 Å². The van der Waals surface area contributed by atoms with Crippen molar-refractivity contribution in [3.8, 4) is 0 Å². The summed E-state index contributed by atoms with van der Waals surface area (Å²) in [6, 6.07) is 2.63. The maximum atomic E-state index is 12.4. The molecule has 0 N–H and O–H groups in total. The molecular weight excluding hydrogens is 198 g/mol. The smallest absolute Gasteiger partial charge is 1.00 e. The number of hydrogen-bond donors (Lipinski definition) is 0. The van der Waals surface area contributed by atoms with E-state index in [0.29, 0.717) is 0 Å². The Labute approximate surface area is 111 Å². The molecule has 0 aromatic heterocycles. The zero-order chi connectivity index (χ0) is 8.43. The maximum absolute atomic E-state index is 12.4. The zero-order valence-electron chi connectivity index (χ0n) is 7.32. The Morgan fingerprint density at radius 2 is 1.50 bits per heavy atom. The van der Waals surface area contributed by atoms with Crippen LogP contribution in [0.3, 0.4) is 0 Å². The van der Waals surface area contributed by atoms with Gasteiger partial charge in [0.05, 0.1) is 5.46 Å². The van der Waals surface area contributed by atoms with Crippen LogP contribution in [-0.2, 0) is 0 Å². The van der Waals surface area contributed by atoms with Crippen molar-refractivity contribution < 1.29 is 70.2 Å². The molecule has 60 valence electrons. The predicted octanol–water partition coefficient (Wildman–Crippen LogP) is -1.28. The van der Waals surface area contributed by atoms with Crippen LogP contribution >= 0.6 is 0 Å². The summed E-state index contributed by atoms with van der Waals surface area (Å²) in [5, 5.41) is 0. The Kier molecular flexibility index (Phi) is 5.68. The molecule has 0 amide bonds. The molecule has 6 heteroatoms. The van der Waals surface area contributed by atoms with Crippen LogP contribution in [-0.4, -0.2) is 7.27 Å². The molecule has 0 aliphatic rings. The first kappa shape index (κ1) is 12.6. The quantitative estimate of drug-likeness (QED) is 0.393. The van der Waals surface area contributed by atoms with Crippen LogP contribution in [0.4, 0.5) is 17.4 Å². The van der Waals surface area contributed by atoms with E-state index in [1.165, 1.54) is 0 Å². The molecule has 0 spiro atoms. The van der Waals surface area contributed by atoms with Gasteiger partial charge in [0.25, 0.3) is 0 Å². The second-order valence-electron chi connectivity index (χ2n) is 1.94. The van der Waals surface area contributed by atoms with Crippen LogP contribution in [0.2, 0.25) is 0 Å². The minimum Gasteiger partial charge on any atom is -1.00 e. The largest absolute Gasteiger partial charge is 1.00 e. The summed E-state index contributed by atoms with van der Waals surface area (Å²) in [7, 11) is -3.10. The summed E-state index contributed by atoms with van der Waals surface area (Å²) < 4.78 is 48.4. The third-order valence-corrected chi connectivity index (χ3v) is 1.22. The number of rotatable bonds is 1. The molecule has 1 rings (SSSR count). The van der Waals surface area contributed by atoms with E-state index in [0.717, 1.165) is 18.2 Å². The van der Waals surface area contributed by atoms with Gasteiger partial charge in [0.1, 0.15) is 11.6 Å². The molecule has 12 heavy (non-hydrogen) atoms. The van der Waals surface area contributed by atoms with Gasteiger partial charge in [0, 0.05) is 0 Å². The van der Waals surface area contributed by atoms with Crippen molar-refractivity contribution in [2.24, 2.45) is 0 Å². The fourth-order valence-corrected chi connectivity index (χ4v) is 0.719. The molecule has 0 saturated carbocycles. The Bertz CT molecular complexity index is 251. The van der Waals surface area contributed by atoms with E-state index in [1.807, 2.05) is 0 Å². The van der Waals surface area contributed by atoms with Crippen LogP contribution in [0.1, 0.15) is 1.43 Å². The summed E-state index contributed by atoms with van der Waals surface area (Å²) in [6.07, 6.45) is 0. The van der Waals surface area contributed by atoms with Crippen LogP contribution in [0, 0.1) is 11.6 Å². The summed E-state index contributed by atoms with van der Waals surface area (Å²) in [4.78, 5) is 0. The average Bonchev–Trinajstić information content (AvgIpc) is 1.85. The van der Waals surface area contributed by atoms with Crippen molar-refractivity contribution in [1.29, 1.82) is 0 Å². The fraction of sp³-hybridized carbons (Fsp3) is 0. The van der Waals surface area contributed by atoms with Gasteiger partial charge >= 0.3 is 58.7 Å². The Hall–Kier alpha value is 0.641. The van der Waals surface area contributed by atoms with Gasteiger partial charge in [-0.3, -0.25) is 8.63 Å². The first-order valence-corrected chi connectivity index (χ1v) is 2.85. The molecule has 0 unspecified atom stereocenters. The van der Waals surface area contributed by atoms with E-state index in [1.54, 1.807) is 0 Å². The van der Waals surface area contributed by atoms with Crippen molar-refractivity contribution in [2.45, 2.75) is 0 Å². The molecule has 1 aromatic carbocycles. The first-order valence-electron chi connectivity index (χ1n) is 2.85. The fourth-order valence-electron chi connectivity index (χ4n) is 0.719. The third kappa shape index (κ3) is 2.85. The zero-order valence-corrected chi connectivity index (χ0v) is 9.44. The van der Waals surface area contributed by atoms with Gasteiger partial charge in [-0.25, -0.2) is 8.78 Å². The van der Waals surface area contributed by atoms with Crippen LogP contribution in [0.15, 0.2) is 18.2 Å². The Balaban J connectivity index is 0. The van der Waals surface area contributed by atoms with Crippen molar-refractivity contribution in [1.82, 2.24) is 0 Å². The molecule has 0 radical (unpaired) electrons. The van der Waals surface area contributed by atoms with Gasteiger partial charge in [0.15, 0.2) is 0 Å². The van der Waals surface area contributed by atoms with Gasteiger partial charge < -0.3 is 1.43 Å². The third-order valence-electron chi connectivity index (χ3n) is 1.22. The minimum atomic E-state index is -3.10. The summed E-state index contributed by atoms with van der Waals surface area (Å²) >= 11 is 0. The molecular formula is C6H4BF4K. The van der Waals surface area contributed by atoms with E-state index >= 15 is 0 Å². The Morgan fingerprint density at radius 3 is 1.75 bits per heavy atom. The predicted molar refractivity (Wildman–Crippen MR) is 35.1 cm³/mol. The van der Waals surface area contributed by atoms with Crippen LogP contribution < -0.4 is 56.8 Å². The van der Waals surface area contributed by atoms with Gasteiger partial charge in [-0.15, -0.1) is 0 Å². The summed E-state index contributed by atoms with van der Waals surface area (Å²) in [5.41, 5.74) is -1.16. The summed E-state index contributed by atoms with van der Waals surface area (Å²) in [6.45, 7) is 0. The van der Waals surface area contributed by atoms with Crippen molar-refractivity contribution in [3.05, 3.63) is 29.8 Å². The molecule has 0 bridgehead atoms. The topological polar surface area (TPSA) is 0 Å². The molecule has 0 fully saturated rings. The van der Waals surface area contributed by atoms with E-state index in [4.69, 9.17) is 0 Å².